The third kappa shape index (κ3) is 2.70. The minimum absolute atomic E-state index is 0.679. The van der Waals surface area contributed by atoms with Gasteiger partial charge in [-0.3, -0.25) is 0 Å². The molecule has 0 fully saturated rings. The van der Waals surface area contributed by atoms with Gasteiger partial charge in [0.2, 0.25) is 0 Å². The lowest BCUT2D eigenvalue weighted by Crippen LogP contribution is -2.19. The Hall–Kier alpha value is -1.28. The summed E-state index contributed by atoms with van der Waals surface area (Å²) in [5.74, 6) is 1.79. The number of hydrogen-bond donors (Lipinski definition) is 1. The van der Waals surface area contributed by atoms with Gasteiger partial charge in [-0.2, -0.15) is 0 Å². The molecule has 0 amide bonds. The van der Waals surface area contributed by atoms with Gasteiger partial charge >= 0.3 is 0 Å². The van der Waals surface area contributed by atoms with Crippen LogP contribution in [-0.2, 0) is 13.0 Å². The summed E-state index contributed by atoms with van der Waals surface area (Å²) in [5.41, 5.74) is 2.33. The molecule has 92 valence electrons. The third-order valence-corrected chi connectivity index (χ3v) is 2.96. The summed E-state index contributed by atoms with van der Waals surface area (Å²) in [5, 5.41) is 4.74. The lowest BCUT2D eigenvalue weighted by Gasteiger charge is -2.07. The minimum atomic E-state index is 0.679. The van der Waals surface area contributed by atoms with Crippen molar-refractivity contribution in [1.29, 1.82) is 0 Å². The first-order valence-corrected chi connectivity index (χ1v) is 6.42. The zero-order valence-corrected chi connectivity index (χ0v) is 10.9. The second kappa shape index (κ2) is 5.37. The van der Waals surface area contributed by atoms with Crippen LogP contribution in [0.5, 0.6) is 0 Å². The smallest absolute Gasteiger partial charge is 0.134 e. The summed E-state index contributed by atoms with van der Waals surface area (Å²) in [7, 11) is 0. The summed E-state index contributed by atoms with van der Waals surface area (Å²) in [4.78, 5) is 0. The molecule has 0 saturated carbocycles. The largest absolute Gasteiger partial charge is 0.461 e. The van der Waals surface area contributed by atoms with Gasteiger partial charge in [-0.1, -0.05) is 39.0 Å². The molecule has 1 N–H and O–H groups in total. The van der Waals surface area contributed by atoms with Crippen molar-refractivity contribution in [3.8, 4) is 0 Å². The average molecular weight is 231 g/mol. The van der Waals surface area contributed by atoms with E-state index in [1.165, 1.54) is 10.9 Å². The van der Waals surface area contributed by atoms with E-state index >= 15 is 0 Å². The van der Waals surface area contributed by atoms with Gasteiger partial charge in [0, 0.05) is 23.9 Å². The van der Waals surface area contributed by atoms with E-state index < -0.39 is 0 Å². The number of rotatable bonds is 5. The first-order valence-electron chi connectivity index (χ1n) is 6.42. The molecule has 2 aromatic rings. The lowest BCUT2D eigenvalue weighted by atomic mass is 10.1. The van der Waals surface area contributed by atoms with Gasteiger partial charge in [-0.05, 0) is 18.5 Å². The summed E-state index contributed by atoms with van der Waals surface area (Å²) in [6.45, 7) is 8.53. The predicted octanol–water partition coefficient (Wildman–Crippen LogP) is 3.74. The fraction of sp³-hybridized carbons (Fsp3) is 0.467. The monoisotopic (exact) mass is 231 g/mol. The number of fused-ring (bicyclic) bond motifs is 1. The summed E-state index contributed by atoms with van der Waals surface area (Å²) in [6, 6.07) is 8.28. The van der Waals surface area contributed by atoms with Crippen molar-refractivity contribution in [1.82, 2.24) is 5.32 Å². The Morgan fingerprint density at radius 2 is 2.00 bits per heavy atom. The molecule has 1 aromatic carbocycles. The van der Waals surface area contributed by atoms with Gasteiger partial charge in [-0.25, -0.2) is 0 Å². The van der Waals surface area contributed by atoms with Crippen LogP contribution in [-0.4, -0.2) is 6.54 Å². The number of benzene rings is 1. The molecule has 0 saturated heterocycles. The number of hydrogen-bond acceptors (Lipinski definition) is 2. The van der Waals surface area contributed by atoms with Crippen molar-refractivity contribution in [3.63, 3.8) is 0 Å². The van der Waals surface area contributed by atoms with E-state index in [-0.39, 0.29) is 0 Å². The molecule has 0 atom stereocenters. The Labute approximate surface area is 103 Å². The molecule has 1 heterocycles. The van der Waals surface area contributed by atoms with Crippen LogP contribution in [0.3, 0.4) is 0 Å². The van der Waals surface area contributed by atoms with Gasteiger partial charge in [0.15, 0.2) is 0 Å². The van der Waals surface area contributed by atoms with Gasteiger partial charge in [0.25, 0.3) is 0 Å². The van der Waals surface area contributed by atoms with Crippen molar-refractivity contribution < 1.29 is 4.42 Å². The molecule has 0 bridgehead atoms. The van der Waals surface area contributed by atoms with Crippen LogP contribution in [0, 0.1) is 5.92 Å². The number of para-hydroxylation sites is 1. The zero-order chi connectivity index (χ0) is 12.3. The molecule has 0 radical (unpaired) electrons. The fourth-order valence-electron chi connectivity index (χ4n) is 2.11. The maximum Gasteiger partial charge on any atom is 0.134 e. The molecule has 0 spiro atoms. The quantitative estimate of drug-likeness (QED) is 0.848. The van der Waals surface area contributed by atoms with E-state index in [1.54, 1.807) is 0 Å². The van der Waals surface area contributed by atoms with Crippen LogP contribution in [0.4, 0.5) is 0 Å². The van der Waals surface area contributed by atoms with Crippen LogP contribution in [0.2, 0.25) is 0 Å². The normalized spacial score (nSPS) is 11.5. The first kappa shape index (κ1) is 12.2. The average Bonchev–Trinajstić information content (AvgIpc) is 2.67. The molecular weight excluding hydrogens is 210 g/mol. The number of furan rings is 1. The van der Waals surface area contributed by atoms with E-state index in [9.17, 15) is 0 Å². The topological polar surface area (TPSA) is 25.2 Å². The molecular formula is C15H21NO. The Morgan fingerprint density at radius 1 is 1.24 bits per heavy atom. The van der Waals surface area contributed by atoms with E-state index in [0.29, 0.717) is 5.92 Å². The summed E-state index contributed by atoms with van der Waals surface area (Å²) >= 11 is 0. The molecule has 0 aliphatic heterocycles. The fourth-order valence-corrected chi connectivity index (χ4v) is 2.11. The summed E-state index contributed by atoms with van der Waals surface area (Å²) < 4.78 is 5.87. The highest BCUT2D eigenvalue weighted by atomic mass is 16.3. The molecule has 17 heavy (non-hydrogen) atoms. The van der Waals surface area contributed by atoms with Crippen LogP contribution < -0.4 is 5.32 Å². The SMILES string of the molecule is CCc1oc2ccccc2c1CNCC(C)C. The highest BCUT2D eigenvalue weighted by Crippen LogP contribution is 2.26. The van der Waals surface area contributed by atoms with Crippen LogP contribution >= 0.6 is 0 Å². The van der Waals surface area contributed by atoms with Crippen LogP contribution in [0.15, 0.2) is 28.7 Å². The van der Waals surface area contributed by atoms with Crippen LogP contribution in [0.1, 0.15) is 32.1 Å². The Kier molecular flexibility index (Phi) is 3.85. The van der Waals surface area contributed by atoms with Crippen molar-refractivity contribution in [2.45, 2.75) is 33.7 Å². The second-order valence-electron chi connectivity index (χ2n) is 4.88. The third-order valence-electron chi connectivity index (χ3n) is 2.96. The van der Waals surface area contributed by atoms with Gasteiger partial charge in [-0.15, -0.1) is 0 Å². The lowest BCUT2D eigenvalue weighted by molar-refractivity contribution is 0.526. The highest BCUT2D eigenvalue weighted by Gasteiger charge is 2.11. The number of nitrogens with one attached hydrogen (secondary N) is 1. The number of aryl methyl sites for hydroxylation is 1. The van der Waals surface area contributed by atoms with Crippen LogP contribution in [0.25, 0.3) is 11.0 Å². The predicted molar refractivity (Wildman–Crippen MR) is 72.1 cm³/mol. The Bertz CT molecular complexity index is 485. The zero-order valence-electron chi connectivity index (χ0n) is 10.9. The molecule has 0 aliphatic carbocycles. The van der Waals surface area contributed by atoms with Gasteiger partial charge < -0.3 is 9.73 Å². The standard InChI is InChI=1S/C15H21NO/c1-4-14-13(10-16-9-11(2)3)12-7-5-6-8-15(12)17-14/h5-8,11,16H,4,9-10H2,1-3H3. The molecule has 2 heteroatoms. The van der Waals surface area contributed by atoms with E-state index in [1.807, 2.05) is 12.1 Å². The molecule has 0 unspecified atom stereocenters. The van der Waals surface area contributed by atoms with Crippen molar-refractivity contribution in [3.05, 3.63) is 35.6 Å². The summed E-state index contributed by atoms with van der Waals surface area (Å²) in [6.07, 6.45) is 0.952. The second-order valence-corrected chi connectivity index (χ2v) is 4.88. The highest BCUT2D eigenvalue weighted by molar-refractivity contribution is 5.82. The first-order chi connectivity index (χ1) is 8.22. The van der Waals surface area contributed by atoms with Crippen molar-refractivity contribution in [2.75, 3.05) is 6.54 Å². The van der Waals surface area contributed by atoms with Gasteiger partial charge in [0.05, 0.1) is 0 Å². The van der Waals surface area contributed by atoms with E-state index in [0.717, 1.165) is 30.9 Å². The molecule has 1 aromatic heterocycles. The van der Waals surface area contributed by atoms with Gasteiger partial charge in [0.1, 0.15) is 11.3 Å². The minimum Gasteiger partial charge on any atom is -0.461 e. The molecule has 2 nitrogen and oxygen atoms in total. The Balaban J connectivity index is 2.24. The van der Waals surface area contributed by atoms with Crippen molar-refractivity contribution in [2.24, 2.45) is 5.92 Å². The maximum atomic E-state index is 5.87. The van der Waals surface area contributed by atoms with Crippen molar-refractivity contribution >= 4 is 11.0 Å². The molecule has 0 aliphatic rings. The maximum absolute atomic E-state index is 5.87. The van der Waals surface area contributed by atoms with E-state index in [2.05, 4.69) is 38.2 Å². The van der Waals surface area contributed by atoms with E-state index in [4.69, 9.17) is 4.42 Å². The Morgan fingerprint density at radius 3 is 2.71 bits per heavy atom. The molecule has 2 rings (SSSR count).